The second kappa shape index (κ2) is 9.68. The molecule has 5 nitrogen and oxygen atoms in total. The first kappa shape index (κ1) is 20.3. The minimum Gasteiger partial charge on any atom is -0.341 e. The predicted molar refractivity (Wildman–Crippen MR) is 111 cm³/mol. The van der Waals surface area contributed by atoms with Gasteiger partial charge in [-0.15, -0.1) is 0 Å². The molecule has 0 aliphatic carbocycles. The Labute approximate surface area is 169 Å². The third-order valence-corrected chi connectivity index (χ3v) is 5.43. The molecule has 0 saturated carbocycles. The quantitative estimate of drug-likeness (QED) is 0.496. The smallest absolute Gasteiger partial charge is 0.242 e. The largest absolute Gasteiger partial charge is 0.341 e. The maximum Gasteiger partial charge on any atom is 0.242 e. The lowest BCUT2D eigenvalue weighted by atomic mass is 10.2. The Morgan fingerprint density at radius 2 is 1.86 bits per heavy atom. The van der Waals surface area contributed by atoms with Crippen LogP contribution in [0, 0.1) is 5.82 Å². The number of rotatable bonds is 9. The van der Waals surface area contributed by atoms with Crippen molar-refractivity contribution in [3.8, 4) is 0 Å². The molecule has 2 aromatic heterocycles. The molecule has 0 bridgehead atoms. The maximum atomic E-state index is 13.1. The molecule has 3 aromatic rings. The predicted octanol–water partition coefficient (Wildman–Crippen LogP) is 4.51. The SMILES string of the molecule is CCCN(CCC)C(=O)Cn1c(SCc2ccc(F)cc2)nc2cccnc21. The summed E-state index contributed by atoms with van der Waals surface area (Å²) in [6.07, 6.45) is 3.58. The summed E-state index contributed by atoms with van der Waals surface area (Å²) in [4.78, 5) is 23.9. The number of imidazole rings is 1. The van der Waals surface area contributed by atoms with E-state index in [1.54, 1.807) is 18.3 Å². The molecule has 1 amide bonds. The molecule has 2 heterocycles. The average molecular weight is 401 g/mol. The summed E-state index contributed by atoms with van der Waals surface area (Å²) in [6, 6.07) is 10.2. The van der Waals surface area contributed by atoms with Gasteiger partial charge in [0.2, 0.25) is 5.91 Å². The second-order valence-corrected chi connectivity index (χ2v) is 7.57. The Hall–Kier alpha value is -2.41. The van der Waals surface area contributed by atoms with Crippen LogP contribution in [-0.2, 0) is 17.1 Å². The number of carbonyl (C=O) groups excluding carboxylic acids is 1. The van der Waals surface area contributed by atoms with Gasteiger partial charge < -0.3 is 4.90 Å². The molecular formula is C21H25FN4OS. The van der Waals surface area contributed by atoms with Gasteiger partial charge in [0.05, 0.1) is 0 Å². The van der Waals surface area contributed by atoms with Crippen LogP contribution in [0.4, 0.5) is 4.39 Å². The van der Waals surface area contributed by atoms with Crippen LogP contribution in [0.5, 0.6) is 0 Å². The van der Waals surface area contributed by atoms with E-state index in [4.69, 9.17) is 0 Å². The van der Waals surface area contributed by atoms with E-state index in [1.165, 1.54) is 23.9 Å². The Kier molecular flexibility index (Phi) is 7.03. The van der Waals surface area contributed by atoms with Gasteiger partial charge in [-0.25, -0.2) is 14.4 Å². The van der Waals surface area contributed by atoms with Crippen molar-refractivity contribution in [3.05, 3.63) is 54.0 Å². The zero-order valence-corrected chi connectivity index (χ0v) is 17.1. The number of thioether (sulfide) groups is 1. The molecule has 0 atom stereocenters. The van der Waals surface area contributed by atoms with Crippen LogP contribution in [0.1, 0.15) is 32.3 Å². The van der Waals surface area contributed by atoms with Crippen LogP contribution >= 0.6 is 11.8 Å². The summed E-state index contributed by atoms with van der Waals surface area (Å²) in [5.74, 6) is 0.478. The van der Waals surface area contributed by atoms with Crippen molar-refractivity contribution in [2.75, 3.05) is 13.1 Å². The number of amides is 1. The van der Waals surface area contributed by atoms with Crippen molar-refractivity contribution < 1.29 is 9.18 Å². The molecule has 7 heteroatoms. The van der Waals surface area contributed by atoms with Crippen LogP contribution in [0.25, 0.3) is 11.2 Å². The fourth-order valence-electron chi connectivity index (χ4n) is 3.06. The third kappa shape index (κ3) is 4.90. The number of aromatic nitrogens is 3. The van der Waals surface area contributed by atoms with Crippen LogP contribution < -0.4 is 0 Å². The first-order valence-corrected chi connectivity index (χ1v) is 10.6. The molecule has 0 N–H and O–H groups in total. The van der Waals surface area contributed by atoms with Crippen LogP contribution in [0.2, 0.25) is 0 Å². The Balaban J connectivity index is 1.84. The minimum atomic E-state index is -0.247. The molecule has 0 unspecified atom stereocenters. The standard InChI is InChI=1S/C21H25FN4OS/c1-3-12-25(13-4-2)19(27)14-26-20-18(6-5-11-23-20)24-21(26)28-15-16-7-9-17(22)10-8-16/h5-11H,3-4,12-15H2,1-2H3. The molecule has 148 valence electrons. The Bertz CT molecular complexity index is 920. The zero-order chi connectivity index (χ0) is 19.9. The summed E-state index contributed by atoms with van der Waals surface area (Å²) >= 11 is 1.53. The van der Waals surface area contributed by atoms with E-state index in [0.717, 1.165) is 42.2 Å². The van der Waals surface area contributed by atoms with E-state index in [9.17, 15) is 9.18 Å². The first-order chi connectivity index (χ1) is 13.6. The molecular weight excluding hydrogens is 375 g/mol. The molecule has 3 rings (SSSR count). The van der Waals surface area contributed by atoms with Crippen molar-refractivity contribution in [1.29, 1.82) is 0 Å². The van der Waals surface area contributed by atoms with E-state index < -0.39 is 0 Å². The summed E-state index contributed by atoms with van der Waals surface area (Å²) in [7, 11) is 0. The molecule has 0 radical (unpaired) electrons. The highest BCUT2D eigenvalue weighted by Crippen LogP contribution is 2.26. The minimum absolute atomic E-state index is 0.0808. The number of nitrogens with zero attached hydrogens (tertiary/aromatic N) is 4. The molecule has 0 saturated heterocycles. The van der Waals surface area contributed by atoms with Gasteiger partial charge in [-0.3, -0.25) is 9.36 Å². The van der Waals surface area contributed by atoms with E-state index in [0.29, 0.717) is 11.4 Å². The molecule has 0 spiro atoms. The van der Waals surface area contributed by atoms with Gasteiger partial charge in [0.15, 0.2) is 10.8 Å². The summed E-state index contributed by atoms with van der Waals surface area (Å²) in [5.41, 5.74) is 2.49. The lowest BCUT2D eigenvalue weighted by Gasteiger charge is -2.22. The van der Waals surface area contributed by atoms with Crippen LogP contribution in [-0.4, -0.2) is 38.4 Å². The molecule has 1 aromatic carbocycles. The number of benzene rings is 1. The summed E-state index contributed by atoms with van der Waals surface area (Å²) in [6.45, 7) is 5.89. The van der Waals surface area contributed by atoms with Gasteiger partial charge in [-0.05, 0) is 42.7 Å². The van der Waals surface area contributed by atoms with E-state index in [1.807, 2.05) is 21.6 Å². The topological polar surface area (TPSA) is 51.0 Å². The number of hydrogen-bond donors (Lipinski definition) is 0. The lowest BCUT2D eigenvalue weighted by Crippen LogP contribution is -2.35. The maximum absolute atomic E-state index is 13.1. The van der Waals surface area contributed by atoms with Gasteiger partial charge in [0.1, 0.15) is 17.9 Å². The number of fused-ring (bicyclic) bond motifs is 1. The van der Waals surface area contributed by atoms with E-state index >= 15 is 0 Å². The average Bonchev–Trinajstić information content (AvgIpc) is 3.05. The monoisotopic (exact) mass is 400 g/mol. The molecule has 0 aliphatic rings. The van der Waals surface area contributed by atoms with Crippen molar-refractivity contribution in [2.24, 2.45) is 0 Å². The van der Waals surface area contributed by atoms with Crippen LogP contribution in [0.15, 0.2) is 47.8 Å². The van der Waals surface area contributed by atoms with Crippen molar-refractivity contribution in [1.82, 2.24) is 19.4 Å². The van der Waals surface area contributed by atoms with Gasteiger partial charge in [-0.1, -0.05) is 37.7 Å². The second-order valence-electron chi connectivity index (χ2n) is 6.62. The Morgan fingerprint density at radius 3 is 2.54 bits per heavy atom. The molecule has 28 heavy (non-hydrogen) atoms. The van der Waals surface area contributed by atoms with Crippen LogP contribution in [0.3, 0.4) is 0 Å². The fourth-order valence-corrected chi connectivity index (χ4v) is 4.01. The fraction of sp³-hybridized carbons (Fsp3) is 0.381. The summed E-state index contributed by atoms with van der Waals surface area (Å²) in [5, 5.41) is 0.749. The number of pyridine rings is 1. The highest BCUT2D eigenvalue weighted by atomic mass is 32.2. The van der Waals surface area contributed by atoms with Crippen molar-refractivity contribution >= 4 is 28.8 Å². The molecule has 0 fully saturated rings. The third-order valence-electron chi connectivity index (χ3n) is 4.38. The van der Waals surface area contributed by atoms with Crippen molar-refractivity contribution in [3.63, 3.8) is 0 Å². The number of hydrogen-bond acceptors (Lipinski definition) is 4. The highest BCUT2D eigenvalue weighted by molar-refractivity contribution is 7.98. The highest BCUT2D eigenvalue weighted by Gasteiger charge is 2.18. The van der Waals surface area contributed by atoms with Crippen molar-refractivity contribution in [2.45, 2.75) is 44.1 Å². The van der Waals surface area contributed by atoms with Gasteiger partial charge in [-0.2, -0.15) is 0 Å². The Morgan fingerprint density at radius 1 is 1.14 bits per heavy atom. The summed E-state index contributed by atoms with van der Waals surface area (Å²) < 4.78 is 15.0. The van der Waals surface area contributed by atoms with Gasteiger partial charge >= 0.3 is 0 Å². The normalized spacial score (nSPS) is 11.1. The van der Waals surface area contributed by atoms with Gasteiger partial charge in [0, 0.05) is 25.0 Å². The van der Waals surface area contributed by atoms with E-state index in [-0.39, 0.29) is 18.3 Å². The number of carbonyl (C=O) groups is 1. The van der Waals surface area contributed by atoms with Gasteiger partial charge in [0.25, 0.3) is 0 Å². The lowest BCUT2D eigenvalue weighted by molar-refractivity contribution is -0.132. The molecule has 0 aliphatic heterocycles. The first-order valence-electron chi connectivity index (χ1n) is 9.58. The van der Waals surface area contributed by atoms with E-state index in [2.05, 4.69) is 23.8 Å². The zero-order valence-electron chi connectivity index (χ0n) is 16.3. The number of halogens is 1.